The number of nitrogens with zero attached hydrogens (tertiary/aromatic N) is 1. The quantitative estimate of drug-likeness (QED) is 0.829. The lowest BCUT2D eigenvalue weighted by Crippen LogP contribution is -2.43. The number of nitrogens with one attached hydrogen (secondary N) is 1. The molecule has 0 saturated carbocycles. The lowest BCUT2D eigenvalue weighted by Gasteiger charge is -2.27. The van der Waals surface area contributed by atoms with E-state index in [4.69, 9.17) is 16.3 Å². The summed E-state index contributed by atoms with van der Waals surface area (Å²) in [6.45, 7) is 12.8. The Bertz CT molecular complexity index is 484. The van der Waals surface area contributed by atoms with Crippen LogP contribution in [0.5, 0.6) is 5.75 Å². The Kier molecular flexibility index (Phi) is 7.00. The van der Waals surface area contributed by atoms with Crippen LogP contribution in [-0.2, 0) is 6.42 Å². The zero-order chi connectivity index (χ0) is 15.9. The van der Waals surface area contributed by atoms with Gasteiger partial charge in [0.25, 0.3) is 0 Å². The Morgan fingerprint density at radius 2 is 2.00 bits per heavy atom. The van der Waals surface area contributed by atoms with Gasteiger partial charge in [-0.05, 0) is 62.4 Å². The van der Waals surface area contributed by atoms with Crippen molar-refractivity contribution in [2.45, 2.75) is 40.0 Å². The van der Waals surface area contributed by atoms with Crippen LogP contribution in [-0.4, -0.2) is 44.2 Å². The van der Waals surface area contributed by atoms with Crippen molar-refractivity contribution in [1.29, 1.82) is 0 Å². The number of rotatable bonds is 7. The normalized spacial score (nSPS) is 16.0. The smallest absolute Gasteiger partial charge is 0.125 e. The molecule has 0 aliphatic carbocycles. The minimum atomic E-state index is 0.771. The van der Waals surface area contributed by atoms with Crippen molar-refractivity contribution >= 4 is 11.6 Å². The van der Waals surface area contributed by atoms with Gasteiger partial charge in [0.1, 0.15) is 5.75 Å². The van der Waals surface area contributed by atoms with Gasteiger partial charge in [0, 0.05) is 31.2 Å². The first-order valence-electron chi connectivity index (χ1n) is 8.48. The van der Waals surface area contributed by atoms with Gasteiger partial charge in [0.15, 0.2) is 0 Å². The van der Waals surface area contributed by atoms with Crippen LogP contribution in [0.25, 0.3) is 0 Å². The fourth-order valence-electron chi connectivity index (χ4n) is 3.04. The molecule has 1 aliphatic heterocycles. The standard InChI is InChI=1S/C18H29ClN2O/c1-4-12-22-18-14(2)13-17(19)15(3)16(18)6-5-9-21-10-7-20-8-11-21/h13,20H,4-12H2,1-3H3. The van der Waals surface area contributed by atoms with Crippen molar-refractivity contribution in [3.8, 4) is 5.75 Å². The minimum absolute atomic E-state index is 0.771. The summed E-state index contributed by atoms with van der Waals surface area (Å²) in [6.07, 6.45) is 3.22. The third-order valence-corrected chi connectivity index (χ3v) is 4.74. The average molecular weight is 325 g/mol. The molecule has 1 fully saturated rings. The van der Waals surface area contributed by atoms with E-state index in [2.05, 4.69) is 31.0 Å². The van der Waals surface area contributed by atoms with Crippen LogP contribution in [0.2, 0.25) is 5.02 Å². The first-order valence-corrected chi connectivity index (χ1v) is 8.85. The zero-order valence-corrected chi connectivity index (χ0v) is 14.9. The second-order valence-corrected chi connectivity index (χ2v) is 6.56. The summed E-state index contributed by atoms with van der Waals surface area (Å²) in [5, 5.41) is 4.26. The lowest BCUT2D eigenvalue weighted by molar-refractivity contribution is 0.238. The van der Waals surface area contributed by atoms with E-state index < -0.39 is 0 Å². The van der Waals surface area contributed by atoms with E-state index in [-0.39, 0.29) is 0 Å². The summed E-state index contributed by atoms with van der Waals surface area (Å²) in [6, 6.07) is 2.03. The van der Waals surface area contributed by atoms with Gasteiger partial charge >= 0.3 is 0 Å². The molecule has 22 heavy (non-hydrogen) atoms. The van der Waals surface area contributed by atoms with Gasteiger partial charge in [-0.2, -0.15) is 0 Å². The molecule has 124 valence electrons. The van der Waals surface area contributed by atoms with E-state index in [1.165, 1.54) is 11.1 Å². The van der Waals surface area contributed by atoms with Crippen molar-refractivity contribution in [2.24, 2.45) is 0 Å². The molecule has 1 heterocycles. The van der Waals surface area contributed by atoms with Crippen LogP contribution >= 0.6 is 11.6 Å². The third-order valence-electron chi connectivity index (χ3n) is 4.35. The maximum Gasteiger partial charge on any atom is 0.125 e. The van der Waals surface area contributed by atoms with Gasteiger partial charge in [0.2, 0.25) is 0 Å². The summed E-state index contributed by atoms with van der Waals surface area (Å²) in [5.41, 5.74) is 3.63. The summed E-state index contributed by atoms with van der Waals surface area (Å²) < 4.78 is 6.01. The number of piperazine rings is 1. The second-order valence-electron chi connectivity index (χ2n) is 6.15. The van der Waals surface area contributed by atoms with Crippen LogP contribution in [0.3, 0.4) is 0 Å². The molecule has 2 rings (SSSR count). The molecule has 1 aromatic carbocycles. The largest absolute Gasteiger partial charge is 0.493 e. The Morgan fingerprint density at radius 1 is 1.27 bits per heavy atom. The van der Waals surface area contributed by atoms with Gasteiger partial charge in [-0.25, -0.2) is 0 Å². The molecule has 0 bridgehead atoms. The van der Waals surface area contributed by atoms with Gasteiger partial charge in [-0.3, -0.25) is 0 Å². The number of halogens is 1. The Labute approximate surface area is 140 Å². The molecule has 1 N–H and O–H groups in total. The van der Waals surface area contributed by atoms with E-state index in [9.17, 15) is 0 Å². The molecule has 0 radical (unpaired) electrons. The molecule has 0 spiro atoms. The van der Waals surface area contributed by atoms with Crippen LogP contribution in [0.1, 0.15) is 36.5 Å². The summed E-state index contributed by atoms with van der Waals surface area (Å²) in [4.78, 5) is 2.54. The molecular formula is C18H29ClN2O. The van der Waals surface area contributed by atoms with Crippen molar-refractivity contribution in [2.75, 3.05) is 39.3 Å². The third kappa shape index (κ3) is 4.61. The summed E-state index contributed by atoms with van der Waals surface area (Å²) >= 11 is 6.38. The number of aryl methyl sites for hydroxylation is 1. The highest BCUT2D eigenvalue weighted by Gasteiger charge is 2.15. The van der Waals surface area contributed by atoms with Gasteiger partial charge in [0.05, 0.1) is 6.61 Å². The molecule has 0 unspecified atom stereocenters. The molecule has 0 atom stereocenters. The van der Waals surface area contributed by atoms with Crippen molar-refractivity contribution in [1.82, 2.24) is 10.2 Å². The Balaban J connectivity index is 2.03. The number of hydrogen-bond acceptors (Lipinski definition) is 3. The monoisotopic (exact) mass is 324 g/mol. The fraction of sp³-hybridized carbons (Fsp3) is 0.667. The molecule has 0 aromatic heterocycles. The fourth-order valence-corrected chi connectivity index (χ4v) is 3.31. The van der Waals surface area contributed by atoms with Gasteiger partial charge < -0.3 is 15.0 Å². The van der Waals surface area contributed by atoms with Crippen LogP contribution in [0, 0.1) is 13.8 Å². The van der Waals surface area contributed by atoms with E-state index in [1.807, 2.05) is 6.07 Å². The number of hydrogen-bond donors (Lipinski definition) is 1. The highest BCUT2D eigenvalue weighted by Crippen LogP contribution is 2.33. The van der Waals surface area contributed by atoms with Crippen LogP contribution in [0.15, 0.2) is 6.07 Å². The highest BCUT2D eigenvalue weighted by atomic mass is 35.5. The SMILES string of the molecule is CCCOc1c(C)cc(Cl)c(C)c1CCCN1CCNCC1. The molecule has 1 aliphatic rings. The molecule has 3 nitrogen and oxygen atoms in total. The van der Waals surface area contributed by atoms with Crippen molar-refractivity contribution in [3.05, 3.63) is 27.8 Å². The zero-order valence-electron chi connectivity index (χ0n) is 14.2. The van der Waals surface area contributed by atoms with E-state index in [0.29, 0.717) is 0 Å². The van der Waals surface area contributed by atoms with E-state index in [1.54, 1.807) is 0 Å². The first kappa shape index (κ1) is 17.6. The van der Waals surface area contributed by atoms with Crippen LogP contribution < -0.4 is 10.1 Å². The predicted molar refractivity (Wildman–Crippen MR) is 94.3 cm³/mol. The molecular weight excluding hydrogens is 296 g/mol. The topological polar surface area (TPSA) is 24.5 Å². The van der Waals surface area contributed by atoms with Crippen molar-refractivity contribution in [3.63, 3.8) is 0 Å². The molecule has 4 heteroatoms. The second kappa shape index (κ2) is 8.76. The van der Waals surface area contributed by atoms with Crippen molar-refractivity contribution < 1.29 is 4.74 Å². The first-order chi connectivity index (χ1) is 10.6. The molecule has 0 amide bonds. The Hall–Kier alpha value is -0.770. The minimum Gasteiger partial charge on any atom is -0.493 e. The number of ether oxygens (including phenoxy) is 1. The van der Waals surface area contributed by atoms with Gasteiger partial charge in [-0.1, -0.05) is 18.5 Å². The average Bonchev–Trinajstić information content (AvgIpc) is 2.52. The maximum atomic E-state index is 6.38. The van der Waals surface area contributed by atoms with E-state index >= 15 is 0 Å². The predicted octanol–water partition coefficient (Wildman–Crippen LogP) is 3.58. The maximum absolute atomic E-state index is 6.38. The van der Waals surface area contributed by atoms with Gasteiger partial charge in [-0.15, -0.1) is 0 Å². The summed E-state index contributed by atoms with van der Waals surface area (Å²) in [5.74, 6) is 1.06. The van der Waals surface area contributed by atoms with Crippen LogP contribution in [0.4, 0.5) is 0 Å². The Morgan fingerprint density at radius 3 is 2.68 bits per heavy atom. The molecule has 1 aromatic rings. The summed E-state index contributed by atoms with van der Waals surface area (Å²) in [7, 11) is 0. The molecule has 1 saturated heterocycles. The van der Waals surface area contributed by atoms with E-state index in [0.717, 1.165) is 74.9 Å². The lowest BCUT2D eigenvalue weighted by atomic mass is 9.99. The number of benzene rings is 1. The highest BCUT2D eigenvalue weighted by molar-refractivity contribution is 6.31.